The minimum absolute atomic E-state index is 0.295. The summed E-state index contributed by atoms with van der Waals surface area (Å²) in [4.78, 5) is 0. The van der Waals surface area contributed by atoms with E-state index in [1.165, 1.54) is 18.4 Å². The Hall–Kier alpha value is -0.340. The van der Waals surface area contributed by atoms with E-state index in [1.807, 2.05) is 6.07 Å². The van der Waals surface area contributed by atoms with Gasteiger partial charge in [-0.15, -0.1) is 0 Å². The number of hydrogen-bond donors (Lipinski definition) is 1. The second-order valence-electron chi connectivity index (χ2n) is 4.22. The van der Waals surface area contributed by atoms with Gasteiger partial charge in [0.05, 0.1) is 6.10 Å². The van der Waals surface area contributed by atoms with Crippen LogP contribution in [0.1, 0.15) is 36.5 Å². The fourth-order valence-corrected chi connectivity index (χ4v) is 2.23. The van der Waals surface area contributed by atoms with Gasteiger partial charge in [0, 0.05) is 4.47 Å². The van der Waals surface area contributed by atoms with Crippen molar-refractivity contribution in [2.45, 2.75) is 32.3 Å². The molecule has 0 aliphatic heterocycles. The van der Waals surface area contributed by atoms with Crippen LogP contribution in [0, 0.1) is 12.8 Å². The normalized spacial score (nSPS) is 18.2. The highest BCUT2D eigenvalue weighted by molar-refractivity contribution is 9.10. The van der Waals surface area contributed by atoms with Crippen LogP contribution < -0.4 is 0 Å². The second kappa shape index (κ2) is 4.03. The fraction of sp³-hybridized carbons (Fsp3) is 0.500. The van der Waals surface area contributed by atoms with Crippen molar-refractivity contribution in [3.8, 4) is 0 Å². The van der Waals surface area contributed by atoms with E-state index >= 15 is 0 Å². The third kappa shape index (κ3) is 2.37. The average Bonchev–Trinajstić information content (AvgIpc) is 2.93. The number of aryl methyl sites for hydroxylation is 1. The summed E-state index contributed by atoms with van der Waals surface area (Å²) in [5, 5.41) is 10.0. The Bertz CT molecular complexity index is 331. The van der Waals surface area contributed by atoms with Gasteiger partial charge in [-0.1, -0.05) is 46.5 Å². The third-order valence-electron chi connectivity index (χ3n) is 2.76. The molecule has 1 aliphatic carbocycles. The van der Waals surface area contributed by atoms with Crippen molar-refractivity contribution < 1.29 is 5.11 Å². The summed E-state index contributed by atoms with van der Waals surface area (Å²) in [5.74, 6) is 0.761. The predicted octanol–water partition coefficient (Wildman–Crippen LogP) is 3.59. The van der Waals surface area contributed by atoms with E-state index in [9.17, 15) is 5.11 Å². The van der Waals surface area contributed by atoms with E-state index in [0.717, 1.165) is 22.4 Å². The van der Waals surface area contributed by atoms with Crippen molar-refractivity contribution in [3.63, 3.8) is 0 Å². The molecule has 1 atom stereocenters. The smallest absolute Gasteiger partial charge is 0.0803 e. The van der Waals surface area contributed by atoms with Crippen molar-refractivity contribution >= 4 is 15.9 Å². The van der Waals surface area contributed by atoms with Crippen LogP contribution >= 0.6 is 15.9 Å². The van der Waals surface area contributed by atoms with E-state index in [2.05, 4.69) is 35.0 Å². The zero-order valence-electron chi connectivity index (χ0n) is 8.33. The SMILES string of the molecule is Cc1ccc(Br)c(C(O)CC2CC2)c1. The summed E-state index contributed by atoms with van der Waals surface area (Å²) < 4.78 is 1.02. The van der Waals surface area contributed by atoms with Gasteiger partial charge in [0.15, 0.2) is 0 Å². The maximum Gasteiger partial charge on any atom is 0.0803 e. The van der Waals surface area contributed by atoms with Gasteiger partial charge in [0.2, 0.25) is 0 Å². The molecule has 1 aromatic rings. The Labute approximate surface area is 93.3 Å². The Morgan fingerprint density at radius 3 is 2.86 bits per heavy atom. The van der Waals surface area contributed by atoms with E-state index < -0.39 is 0 Å². The van der Waals surface area contributed by atoms with Crippen molar-refractivity contribution in [3.05, 3.63) is 33.8 Å². The first-order valence-corrected chi connectivity index (χ1v) is 5.90. The van der Waals surface area contributed by atoms with Crippen LogP contribution in [0.3, 0.4) is 0 Å². The minimum Gasteiger partial charge on any atom is -0.388 e. The largest absolute Gasteiger partial charge is 0.388 e. The first-order valence-electron chi connectivity index (χ1n) is 5.11. The van der Waals surface area contributed by atoms with Gasteiger partial charge >= 0.3 is 0 Å². The molecule has 0 aromatic heterocycles. The second-order valence-corrected chi connectivity index (χ2v) is 5.07. The molecule has 0 radical (unpaired) electrons. The van der Waals surface area contributed by atoms with E-state index in [1.54, 1.807) is 0 Å². The third-order valence-corrected chi connectivity index (χ3v) is 3.49. The van der Waals surface area contributed by atoms with Gasteiger partial charge in [-0.3, -0.25) is 0 Å². The van der Waals surface area contributed by atoms with Crippen LogP contribution in [0.4, 0.5) is 0 Å². The zero-order chi connectivity index (χ0) is 10.1. The quantitative estimate of drug-likeness (QED) is 0.875. The Balaban J connectivity index is 2.15. The van der Waals surface area contributed by atoms with Gasteiger partial charge in [0.1, 0.15) is 0 Å². The number of hydrogen-bond acceptors (Lipinski definition) is 1. The standard InChI is InChI=1S/C12H15BrO/c1-8-2-5-11(13)10(6-8)12(14)7-9-3-4-9/h2,5-6,9,12,14H,3-4,7H2,1H3. The maximum absolute atomic E-state index is 10.0. The molecular formula is C12H15BrO. The molecule has 0 bridgehead atoms. The van der Waals surface area contributed by atoms with E-state index in [4.69, 9.17) is 0 Å². The summed E-state index contributed by atoms with van der Waals surface area (Å²) in [5.41, 5.74) is 2.25. The molecule has 76 valence electrons. The Morgan fingerprint density at radius 2 is 2.21 bits per heavy atom. The molecule has 0 saturated heterocycles. The molecule has 14 heavy (non-hydrogen) atoms. The lowest BCUT2D eigenvalue weighted by atomic mass is 10.0. The number of aliphatic hydroxyl groups excluding tert-OH is 1. The molecular weight excluding hydrogens is 240 g/mol. The monoisotopic (exact) mass is 254 g/mol. The average molecular weight is 255 g/mol. The van der Waals surface area contributed by atoms with E-state index in [-0.39, 0.29) is 6.10 Å². The van der Waals surface area contributed by atoms with E-state index in [0.29, 0.717) is 0 Å². The summed E-state index contributed by atoms with van der Waals surface area (Å²) >= 11 is 3.48. The first kappa shape index (κ1) is 10.2. The Morgan fingerprint density at radius 1 is 1.50 bits per heavy atom. The molecule has 1 aromatic carbocycles. The molecule has 1 nitrogen and oxygen atoms in total. The molecule has 1 N–H and O–H groups in total. The summed E-state index contributed by atoms with van der Waals surface area (Å²) in [6.45, 7) is 2.06. The lowest BCUT2D eigenvalue weighted by Crippen LogP contribution is -2.00. The van der Waals surface area contributed by atoms with Crippen LogP contribution in [-0.4, -0.2) is 5.11 Å². The Kier molecular flexibility index (Phi) is 2.93. The van der Waals surface area contributed by atoms with Gasteiger partial charge in [-0.2, -0.15) is 0 Å². The molecule has 1 saturated carbocycles. The molecule has 1 unspecified atom stereocenters. The number of rotatable bonds is 3. The van der Waals surface area contributed by atoms with Crippen LogP contribution in [0.2, 0.25) is 0 Å². The van der Waals surface area contributed by atoms with Crippen molar-refractivity contribution in [1.29, 1.82) is 0 Å². The lowest BCUT2D eigenvalue weighted by Gasteiger charge is -2.12. The van der Waals surface area contributed by atoms with Crippen molar-refractivity contribution in [2.24, 2.45) is 5.92 Å². The number of benzene rings is 1. The minimum atomic E-state index is -0.295. The lowest BCUT2D eigenvalue weighted by molar-refractivity contribution is 0.159. The number of halogens is 1. The highest BCUT2D eigenvalue weighted by Crippen LogP contribution is 2.39. The highest BCUT2D eigenvalue weighted by Gasteiger charge is 2.25. The summed E-state index contributed by atoms with van der Waals surface area (Å²) in [7, 11) is 0. The zero-order valence-corrected chi connectivity index (χ0v) is 9.92. The number of aliphatic hydroxyl groups is 1. The summed E-state index contributed by atoms with van der Waals surface area (Å²) in [6, 6.07) is 6.13. The predicted molar refractivity (Wildman–Crippen MR) is 61.2 cm³/mol. The molecule has 2 rings (SSSR count). The van der Waals surface area contributed by atoms with Crippen molar-refractivity contribution in [2.75, 3.05) is 0 Å². The van der Waals surface area contributed by atoms with Gasteiger partial charge in [-0.25, -0.2) is 0 Å². The van der Waals surface area contributed by atoms with Gasteiger partial charge in [0.25, 0.3) is 0 Å². The van der Waals surface area contributed by atoms with Crippen LogP contribution in [0.5, 0.6) is 0 Å². The van der Waals surface area contributed by atoms with Crippen LogP contribution in [-0.2, 0) is 0 Å². The van der Waals surface area contributed by atoms with Crippen molar-refractivity contribution in [1.82, 2.24) is 0 Å². The highest BCUT2D eigenvalue weighted by atomic mass is 79.9. The maximum atomic E-state index is 10.0. The molecule has 0 spiro atoms. The van der Waals surface area contributed by atoms with Gasteiger partial charge in [-0.05, 0) is 30.9 Å². The van der Waals surface area contributed by atoms with Crippen LogP contribution in [0.15, 0.2) is 22.7 Å². The van der Waals surface area contributed by atoms with Crippen LogP contribution in [0.25, 0.3) is 0 Å². The molecule has 2 heteroatoms. The molecule has 1 aliphatic rings. The first-order chi connectivity index (χ1) is 6.66. The molecule has 0 heterocycles. The molecule has 1 fully saturated rings. The fourth-order valence-electron chi connectivity index (χ4n) is 1.71. The summed E-state index contributed by atoms with van der Waals surface area (Å²) in [6.07, 6.45) is 3.21. The topological polar surface area (TPSA) is 20.2 Å². The van der Waals surface area contributed by atoms with Gasteiger partial charge < -0.3 is 5.11 Å². The molecule has 0 amide bonds.